The summed E-state index contributed by atoms with van der Waals surface area (Å²) in [5.41, 5.74) is 0. The number of unbranched alkanes of at least 4 members (excludes halogenated alkanes) is 19. The van der Waals surface area contributed by atoms with Crippen molar-refractivity contribution in [3.63, 3.8) is 0 Å². The topological polar surface area (TPSA) is 99.1 Å². The molecule has 1 N–H and O–H groups in total. The summed E-state index contributed by atoms with van der Waals surface area (Å²) < 4.78 is 17.3. The predicted octanol–water partition coefficient (Wildman–Crippen LogP) is 15.0. The van der Waals surface area contributed by atoms with E-state index in [0.29, 0.717) is 19.3 Å². The summed E-state index contributed by atoms with van der Waals surface area (Å²) >= 11 is 0. The summed E-state index contributed by atoms with van der Waals surface area (Å²) in [4.78, 5) is 37.2. The monoisotopic (exact) mass is 907 g/mol. The van der Waals surface area contributed by atoms with Gasteiger partial charge in [-0.1, -0.05) is 207 Å². The maximum Gasteiger partial charge on any atom is 0.362 e. The first-order valence-corrected chi connectivity index (χ1v) is 25.8. The van der Waals surface area contributed by atoms with E-state index < -0.39 is 18.1 Å². The van der Waals surface area contributed by atoms with Crippen LogP contribution in [0.1, 0.15) is 194 Å². The second-order valence-electron chi connectivity index (χ2n) is 18.2. The van der Waals surface area contributed by atoms with Crippen LogP contribution in [0.25, 0.3) is 0 Å². The highest BCUT2D eigenvalue weighted by Gasteiger charge is 2.31. The Kier molecular flexibility index (Phi) is 44.1. The average molecular weight is 907 g/mol. The van der Waals surface area contributed by atoms with Crippen molar-refractivity contribution in [1.29, 1.82) is 0 Å². The van der Waals surface area contributed by atoms with E-state index in [1.54, 1.807) is 0 Å². The van der Waals surface area contributed by atoms with Gasteiger partial charge in [-0.2, -0.15) is 0 Å². The van der Waals surface area contributed by atoms with Gasteiger partial charge in [-0.15, -0.1) is 0 Å². The largest absolute Gasteiger partial charge is 0.477 e. The van der Waals surface area contributed by atoms with E-state index in [-0.39, 0.29) is 36.2 Å². The fourth-order valence-electron chi connectivity index (χ4n) is 7.14. The number of rotatable bonds is 45. The van der Waals surface area contributed by atoms with Crippen LogP contribution in [-0.2, 0) is 28.6 Å². The average Bonchev–Trinajstić information content (AvgIpc) is 3.27. The number of carbonyl (C=O) groups excluding carboxylic acids is 2. The Morgan fingerprint density at radius 3 is 1.42 bits per heavy atom. The lowest BCUT2D eigenvalue weighted by Gasteiger charge is -2.31. The molecule has 0 aromatic heterocycles. The Balaban J connectivity index is 4.27. The second-order valence-corrected chi connectivity index (χ2v) is 18.2. The van der Waals surface area contributed by atoms with Crippen LogP contribution in [0.5, 0.6) is 0 Å². The number of esters is 2. The molecule has 8 nitrogen and oxygen atoms in total. The molecule has 0 bridgehead atoms. The van der Waals surface area contributed by atoms with Gasteiger partial charge in [0.1, 0.15) is 6.61 Å². The molecule has 0 fully saturated rings. The molecule has 0 radical (unpaired) electrons. The van der Waals surface area contributed by atoms with E-state index in [2.05, 4.69) is 74.6 Å². The molecule has 0 aromatic carbocycles. The van der Waals surface area contributed by atoms with Gasteiger partial charge in [0.15, 0.2) is 12.1 Å². The summed E-state index contributed by atoms with van der Waals surface area (Å²) in [6.07, 6.45) is 63.1. The third kappa shape index (κ3) is 45.2. The van der Waals surface area contributed by atoms with Gasteiger partial charge < -0.3 is 23.8 Å². The number of hydrogen-bond donors (Lipinski definition) is 1. The molecule has 0 amide bonds. The SMILES string of the molecule is CC/C=C/C/C=C/C/C=C/CCCCCCCCCCCCCCCC(=O)OCC(COCCC(C(=O)O)[N+](C)(C)C)OC(=O)CCCCCCC/C=C/C=C/C=C/C=C/C=C/CCC. The molecule has 2 unspecified atom stereocenters. The number of allylic oxidation sites excluding steroid dienone is 16. The molecule has 0 aromatic rings. The minimum atomic E-state index is -0.883. The van der Waals surface area contributed by atoms with Crippen LogP contribution in [0.15, 0.2) is 97.2 Å². The highest BCUT2D eigenvalue weighted by Crippen LogP contribution is 2.15. The molecule has 0 aliphatic carbocycles. The van der Waals surface area contributed by atoms with Gasteiger partial charge in [0.2, 0.25) is 0 Å². The number of hydrogen-bond acceptors (Lipinski definition) is 6. The molecule has 0 rings (SSSR count). The van der Waals surface area contributed by atoms with Crippen LogP contribution in [0.3, 0.4) is 0 Å². The number of nitrogens with zero attached hydrogens (tertiary/aromatic N) is 1. The van der Waals surface area contributed by atoms with Gasteiger partial charge in [-0.05, 0) is 64.2 Å². The highest BCUT2D eigenvalue weighted by atomic mass is 16.6. The van der Waals surface area contributed by atoms with Crippen molar-refractivity contribution in [3.05, 3.63) is 97.2 Å². The Hall–Kier alpha value is -3.75. The van der Waals surface area contributed by atoms with Gasteiger partial charge in [0, 0.05) is 19.3 Å². The van der Waals surface area contributed by atoms with Crippen molar-refractivity contribution in [2.45, 2.75) is 206 Å². The lowest BCUT2D eigenvalue weighted by atomic mass is 10.0. The van der Waals surface area contributed by atoms with Gasteiger partial charge >= 0.3 is 17.9 Å². The summed E-state index contributed by atoms with van der Waals surface area (Å²) in [5.74, 6) is -1.51. The first kappa shape index (κ1) is 61.2. The molecule has 0 heterocycles. The van der Waals surface area contributed by atoms with Gasteiger partial charge in [0.05, 0.1) is 34.4 Å². The Morgan fingerprint density at radius 1 is 0.492 bits per heavy atom. The second kappa shape index (κ2) is 46.8. The molecule has 65 heavy (non-hydrogen) atoms. The smallest absolute Gasteiger partial charge is 0.362 e. The Labute approximate surface area is 398 Å². The van der Waals surface area contributed by atoms with E-state index in [0.717, 1.165) is 83.5 Å². The predicted molar refractivity (Wildman–Crippen MR) is 275 cm³/mol. The van der Waals surface area contributed by atoms with Gasteiger partial charge in [-0.25, -0.2) is 4.79 Å². The minimum absolute atomic E-state index is 0.0451. The van der Waals surface area contributed by atoms with E-state index in [9.17, 15) is 19.5 Å². The van der Waals surface area contributed by atoms with Gasteiger partial charge in [-0.3, -0.25) is 9.59 Å². The molecular weight excluding hydrogens is 811 g/mol. The van der Waals surface area contributed by atoms with Crippen LogP contribution in [-0.4, -0.2) is 80.6 Å². The molecule has 370 valence electrons. The fourth-order valence-corrected chi connectivity index (χ4v) is 7.14. The van der Waals surface area contributed by atoms with Crippen LogP contribution < -0.4 is 0 Å². The van der Waals surface area contributed by atoms with Crippen molar-refractivity contribution >= 4 is 17.9 Å². The van der Waals surface area contributed by atoms with E-state index in [1.165, 1.54) is 77.0 Å². The minimum Gasteiger partial charge on any atom is -0.477 e. The normalized spacial score (nSPS) is 13.7. The van der Waals surface area contributed by atoms with E-state index in [1.807, 2.05) is 57.6 Å². The summed E-state index contributed by atoms with van der Waals surface area (Å²) in [7, 11) is 5.52. The molecule has 0 aliphatic rings. The maximum atomic E-state index is 12.8. The van der Waals surface area contributed by atoms with E-state index >= 15 is 0 Å². The molecule has 0 aliphatic heterocycles. The summed E-state index contributed by atoms with van der Waals surface area (Å²) in [6.45, 7) is 4.51. The summed E-state index contributed by atoms with van der Waals surface area (Å²) in [5, 5.41) is 9.66. The number of quaternary nitrogens is 1. The number of ether oxygens (including phenoxy) is 3. The number of carboxylic acid groups (broad SMARTS) is 1. The highest BCUT2D eigenvalue weighted by molar-refractivity contribution is 5.72. The lowest BCUT2D eigenvalue weighted by molar-refractivity contribution is -0.887. The Morgan fingerprint density at radius 2 is 0.923 bits per heavy atom. The maximum absolute atomic E-state index is 12.8. The zero-order valence-electron chi connectivity index (χ0n) is 42.2. The van der Waals surface area contributed by atoms with Crippen molar-refractivity contribution < 1.29 is 38.2 Å². The first-order chi connectivity index (χ1) is 31.6. The van der Waals surface area contributed by atoms with Crippen LogP contribution in [0, 0.1) is 0 Å². The number of carboxylic acids is 1. The fraction of sp³-hybridized carbons (Fsp3) is 0.667. The van der Waals surface area contributed by atoms with Crippen molar-refractivity contribution in [3.8, 4) is 0 Å². The Bertz CT molecular complexity index is 1380. The van der Waals surface area contributed by atoms with Crippen molar-refractivity contribution in [2.24, 2.45) is 0 Å². The molecule has 0 saturated carbocycles. The molecule has 0 saturated heterocycles. The quantitative estimate of drug-likeness (QED) is 0.0214. The molecule has 2 atom stereocenters. The molecule has 8 heteroatoms. The van der Waals surface area contributed by atoms with Crippen LogP contribution in [0.2, 0.25) is 0 Å². The first-order valence-electron chi connectivity index (χ1n) is 25.8. The number of likely N-dealkylation sites (N-methyl/N-ethyl adjacent to an activating group) is 1. The standard InChI is InChI=1S/C57H95NO7/c1-6-8-10-12-14-16-18-20-22-24-26-27-28-29-30-32-33-35-37-39-41-43-45-47-55(59)64-52-53(51-63-50-49-54(57(61)62)58(3,4)5)65-56(60)48-46-44-42-40-38-36-34-31-25-23-21-19-17-15-13-11-9-7-2/h8,10-11,13-17,19-23,25,31,34,53-54H,6-7,9,12,18,24,26-30,32-33,35-52H2,1-5H3/p+1/b10-8+,13-11+,16-14+,17-15+,21-19+,22-20+,25-23+,34-31+. The van der Waals surface area contributed by atoms with Crippen LogP contribution in [0.4, 0.5) is 0 Å². The zero-order valence-corrected chi connectivity index (χ0v) is 42.2. The molecular formula is C57H96NO7+. The van der Waals surface area contributed by atoms with Crippen molar-refractivity contribution in [2.75, 3.05) is 41.0 Å². The van der Waals surface area contributed by atoms with E-state index in [4.69, 9.17) is 14.2 Å². The zero-order chi connectivity index (χ0) is 47.7. The number of carbonyl (C=O) groups is 3. The molecule has 0 spiro atoms. The summed E-state index contributed by atoms with van der Waals surface area (Å²) in [6, 6.07) is -0.626. The third-order valence-electron chi connectivity index (χ3n) is 11.1. The lowest BCUT2D eigenvalue weighted by Crippen LogP contribution is -2.50. The van der Waals surface area contributed by atoms with Crippen molar-refractivity contribution in [1.82, 2.24) is 0 Å². The van der Waals surface area contributed by atoms with Crippen LogP contribution >= 0.6 is 0 Å². The number of aliphatic carboxylic acids is 1. The third-order valence-corrected chi connectivity index (χ3v) is 11.1. The van der Waals surface area contributed by atoms with Gasteiger partial charge in [0.25, 0.3) is 0 Å².